The van der Waals surface area contributed by atoms with E-state index >= 15 is 0 Å². The largest absolute Gasteiger partial charge is 0.329 e. The van der Waals surface area contributed by atoms with Crippen molar-refractivity contribution < 1.29 is 14.1 Å². The van der Waals surface area contributed by atoms with Crippen LogP contribution in [0.5, 0.6) is 0 Å². The minimum Gasteiger partial charge on any atom is -0.329 e. The Labute approximate surface area is 147 Å². The van der Waals surface area contributed by atoms with Crippen LogP contribution in [0.15, 0.2) is 47.4 Å². The Hall–Kier alpha value is -1.85. The van der Waals surface area contributed by atoms with Gasteiger partial charge in [-0.25, -0.2) is 4.39 Å². The van der Waals surface area contributed by atoms with Crippen molar-refractivity contribution in [3.05, 3.63) is 59.4 Å². The number of halogens is 1. The second-order valence-electron chi connectivity index (χ2n) is 6.00. The lowest BCUT2D eigenvalue weighted by atomic mass is 10.1. The van der Waals surface area contributed by atoms with E-state index in [1.165, 1.54) is 12.1 Å². The Kier molecular flexibility index (Phi) is 6.82. The summed E-state index contributed by atoms with van der Waals surface area (Å²) in [6, 6.07) is 12.5. The number of benzene rings is 2. The lowest BCUT2D eigenvalue weighted by Gasteiger charge is -2.15. The normalized spacial score (nSPS) is 12.0. The second kappa shape index (κ2) is 8.85. The molecule has 5 heteroatoms. The Bertz CT molecular complexity index is 668. The molecule has 0 saturated carbocycles. The maximum atomic E-state index is 12.9. The monoisotopic (exact) mass is 347 g/mol. The number of hydrogen-bond donors (Lipinski definition) is 2. The highest BCUT2D eigenvalue weighted by Crippen LogP contribution is 2.19. The summed E-state index contributed by atoms with van der Waals surface area (Å²) in [6.07, 6.45) is 0. The number of thioether (sulfide) groups is 1. The lowest BCUT2D eigenvalue weighted by molar-refractivity contribution is -0.868. The van der Waals surface area contributed by atoms with Gasteiger partial charge in [0.2, 0.25) is 0 Å². The number of anilines is 1. The van der Waals surface area contributed by atoms with E-state index in [1.54, 1.807) is 23.9 Å². The maximum absolute atomic E-state index is 12.9. The van der Waals surface area contributed by atoms with Gasteiger partial charge in [0.1, 0.15) is 5.82 Å². The molecule has 0 saturated heterocycles. The van der Waals surface area contributed by atoms with Crippen LogP contribution in [0.25, 0.3) is 0 Å². The number of carbonyl (C=O) groups excluding carboxylic acids is 1. The van der Waals surface area contributed by atoms with Crippen molar-refractivity contribution in [3.63, 3.8) is 0 Å². The van der Waals surface area contributed by atoms with E-state index < -0.39 is 0 Å². The van der Waals surface area contributed by atoms with Crippen LogP contribution in [0.4, 0.5) is 10.1 Å². The van der Waals surface area contributed by atoms with Crippen molar-refractivity contribution >= 4 is 23.4 Å². The highest BCUT2D eigenvalue weighted by molar-refractivity contribution is 7.99. The molecule has 0 aliphatic rings. The van der Waals surface area contributed by atoms with Gasteiger partial charge >= 0.3 is 0 Å². The molecule has 1 atom stereocenters. The van der Waals surface area contributed by atoms with Gasteiger partial charge in [-0.15, -0.1) is 11.8 Å². The molecule has 0 bridgehead atoms. The third-order valence-electron chi connectivity index (χ3n) is 3.82. The molecule has 0 aliphatic heterocycles. The Balaban J connectivity index is 1.76. The van der Waals surface area contributed by atoms with Crippen LogP contribution in [0.1, 0.15) is 11.1 Å². The maximum Gasteiger partial charge on any atom is 0.279 e. The van der Waals surface area contributed by atoms with Crippen LogP contribution in [0.3, 0.4) is 0 Å². The summed E-state index contributed by atoms with van der Waals surface area (Å²) < 4.78 is 12.9. The Morgan fingerprint density at radius 3 is 2.38 bits per heavy atom. The predicted molar refractivity (Wildman–Crippen MR) is 98.3 cm³/mol. The van der Waals surface area contributed by atoms with E-state index in [9.17, 15) is 9.18 Å². The molecule has 2 aromatic rings. The average Bonchev–Trinajstić information content (AvgIpc) is 2.53. The Morgan fingerprint density at radius 1 is 1.12 bits per heavy atom. The van der Waals surface area contributed by atoms with E-state index in [0.717, 1.165) is 38.9 Å². The summed E-state index contributed by atoms with van der Waals surface area (Å²) in [5.41, 5.74) is 3.07. The first-order valence-corrected chi connectivity index (χ1v) is 9.00. The van der Waals surface area contributed by atoms with Crippen LogP contribution in [0, 0.1) is 19.7 Å². The van der Waals surface area contributed by atoms with E-state index in [2.05, 4.69) is 5.32 Å². The number of quaternary nitrogens is 1. The van der Waals surface area contributed by atoms with Crippen molar-refractivity contribution in [3.8, 4) is 0 Å². The van der Waals surface area contributed by atoms with Crippen molar-refractivity contribution in [1.29, 1.82) is 0 Å². The molecule has 0 fully saturated rings. The molecule has 0 spiro atoms. The van der Waals surface area contributed by atoms with Gasteiger partial charge < -0.3 is 10.2 Å². The number of hydrogen-bond acceptors (Lipinski definition) is 2. The minimum absolute atomic E-state index is 0.0247. The van der Waals surface area contributed by atoms with Crippen LogP contribution >= 0.6 is 11.8 Å². The lowest BCUT2D eigenvalue weighted by Crippen LogP contribution is -3.10. The number of aryl methyl sites for hydroxylation is 2. The van der Waals surface area contributed by atoms with E-state index in [1.807, 2.05) is 39.1 Å². The molecule has 0 aliphatic carbocycles. The summed E-state index contributed by atoms with van der Waals surface area (Å²) in [5, 5.41) is 3.02. The van der Waals surface area contributed by atoms with Gasteiger partial charge in [-0.05, 0) is 49.2 Å². The van der Waals surface area contributed by atoms with Gasteiger partial charge in [-0.3, -0.25) is 4.79 Å². The smallest absolute Gasteiger partial charge is 0.279 e. The van der Waals surface area contributed by atoms with Crippen molar-refractivity contribution in [2.24, 2.45) is 0 Å². The van der Waals surface area contributed by atoms with Crippen LogP contribution in [-0.2, 0) is 4.79 Å². The minimum atomic E-state index is -0.217. The molecule has 2 rings (SSSR count). The van der Waals surface area contributed by atoms with Crippen molar-refractivity contribution in [2.75, 3.05) is 31.2 Å². The first-order valence-electron chi connectivity index (χ1n) is 8.01. The SMILES string of the molecule is Cc1cccc(C)c1NC(=O)C[NH+](C)CCSc1ccc(F)cc1. The standard InChI is InChI=1S/C19H23FN2OS/c1-14-5-4-6-15(2)19(14)21-18(23)13-22(3)11-12-24-17-9-7-16(20)8-10-17/h4-10H,11-13H2,1-3H3,(H,21,23)/p+1. The molecule has 0 aromatic heterocycles. The number of rotatable bonds is 7. The highest BCUT2D eigenvalue weighted by Gasteiger charge is 2.12. The zero-order valence-electron chi connectivity index (χ0n) is 14.4. The van der Waals surface area contributed by atoms with E-state index in [4.69, 9.17) is 0 Å². The van der Waals surface area contributed by atoms with Gasteiger partial charge in [-0.1, -0.05) is 18.2 Å². The van der Waals surface area contributed by atoms with Crippen LogP contribution in [-0.4, -0.2) is 31.8 Å². The molecule has 0 heterocycles. The number of nitrogens with one attached hydrogen (secondary N) is 2. The third-order valence-corrected chi connectivity index (χ3v) is 4.83. The molecule has 1 unspecified atom stereocenters. The third kappa shape index (κ3) is 5.65. The summed E-state index contributed by atoms with van der Waals surface area (Å²) in [4.78, 5) is 14.4. The number of amides is 1. The number of carbonyl (C=O) groups is 1. The molecule has 3 nitrogen and oxygen atoms in total. The van der Waals surface area contributed by atoms with E-state index in [-0.39, 0.29) is 11.7 Å². The quantitative estimate of drug-likeness (QED) is 0.755. The van der Waals surface area contributed by atoms with Gasteiger partial charge in [0.15, 0.2) is 6.54 Å². The summed E-state index contributed by atoms with van der Waals surface area (Å²) in [7, 11) is 2.01. The molecular weight excluding hydrogens is 323 g/mol. The zero-order valence-corrected chi connectivity index (χ0v) is 15.2. The summed E-state index contributed by atoms with van der Waals surface area (Å²) in [5.74, 6) is 0.690. The zero-order chi connectivity index (χ0) is 17.5. The van der Waals surface area contributed by atoms with Gasteiger partial charge in [0.05, 0.1) is 13.6 Å². The fraction of sp³-hybridized carbons (Fsp3) is 0.316. The summed E-state index contributed by atoms with van der Waals surface area (Å²) in [6.45, 7) is 5.29. The first kappa shape index (κ1) is 18.5. The van der Waals surface area contributed by atoms with Crippen molar-refractivity contribution in [1.82, 2.24) is 0 Å². The van der Waals surface area contributed by atoms with Gasteiger partial charge in [0, 0.05) is 16.3 Å². The van der Waals surface area contributed by atoms with Gasteiger partial charge in [0.25, 0.3) is 5.91 Å². The summed E-state index contributed by atoms with van der Waals surface area (Å²) >= 11 is 1.67. The van der Waals surface area contributed by atoms with Crippen LogP contribution in [0.2, 0.25) is 0 Å². The molecule has 128 valence electrons. The average molecular weight is 347 g/mol. The fourth-order valence-corrected chi connectivity index (χ4v) is 3.45. The molecular formula is C19H24FN2OS+. The molecule has 2 N–H and O–H groups in total. The van der Waals surface area contributed by atoms with Crippen molar-refractivity contribution in [2.45, 2.75) is 18.7 Å². The molecule has 2 aromatic carbocycles. The van der Waals surface area contributed by atoms with Gasteiger partial charge in [-0.2, -0.15) is 0 Å². The second-order valence-corrected chi connectivity index (χ2v) is 7.17. The predicted octanol–water partition coefficient (Wildman–Crippen LogP) is 2.69. The highest BCUT2D eigenvalue weighted by atomic mass is 32.2. The first-order chi connectivity index (χ1) is 11.5. The molecule has 0 radical (unpaired) electrons. The van der Waals surface area contributed by atoms with E-state index in [0.29, 0.717) is 6.54 Å². The topological polar surface area (TPSA) is 33.5 Å². The Morgan fingerprint density at radius 2 is 1.75 bits per heavy atom. The van der Waals surface area contributed by atoms with Crippen LogP contribution < -0.4 is 10.2 Å². The molecule has 24 heavy (non-hydrogen) atoms. The number of para-hydroxylation sites is 1. The number of likely N-dealkylation sites (N-methyl/N-ethyl adjacent to an activating group) is 1. The fourth-order valence-electron chi connectivity index (χ4n) is 2.43. The molecule has 1 amide bonds.